The Hall–Kier alpha value is -4.61. The van der Waals surface area contributed by atoms with Crippen LogP contribution >= 0.6 is 0 Å². The number of likely N-dealkylation sites (tertiary alicyclic amines) is 1. The van der Waals surface area contributed by atoms with Crippen molar-refractivity contribution in [1.29, 1.82) is 0 Å². The molecule has 4 unspecified atom stereocenters. The first kappa shape index (κ1) is 50.4. The van der Waals surface area contributed by atoms with Crippen LogP contribution in [0.2, 0.25) is 0 Å². The smallest absolute Gasteiger partial charge is 0.408 e. The lowest BCUT2D eigenvalue weighted by atomic mass is 9.91. The Morgan fingerprint density at radius 1 is 1.00 bits per heavy atom. The number of rotatable bonds is 16. The Balaban J connectivity index is 0.000000486. The van der Waals surface area contributed by atoms with E-state index < -0.39 is 41.4 Å². The van der Waals surface area contributed by atoms with Gasteiger partial charge in [0, 0.05) is 25.3 Å². The van der Waals surface area contributed by atoms with E-state index in [9.17, 15) is 34.2 Å². The summed E-state index contributed by atoms with van der Waals surface area (Å²) in [6, 6.07) is 8.35. The Labute approximate surface area is 338 Å². The molecule has 2 aliphatic rings. The average molecular weight is 807 g/mol. The predicted molar refractivity (Wildman–Crippen MR) is 217 cm³/mol. The van der Waals surface area contributed by atoms with Crippen LogP contribution in [-0.2, 0) is 30.5 Å². The number of nitrogens with one attached hydrogen (secondary N) is 3. The van der Waals surface area contributed by atoms with Gasteiger partial charge in [0.1, 0.15) is 24.4 Å². The molecule has 3 rings (SSSR count). The van der Waals surface area contributed by atoms with Crippen LogP contribution in [0.3, 0.4) is 0 Å². The van der Waals surface area contributed by atoms with Gasteiger partial charge < -0.3 is 57.0 Å². The molecule has 1 aromatic carbocycles. The number of benzene rings is 1. The molecule has 17 heteroatoms. The van der Waals surface area contributed by atoms with Crippen LogP contribution in [0.5, 0.6) is 0 Å². The lowest BCUT2D eigenvalue weighted by Gasteiger charge is -2.34. The highest BCUT2D eigenvalue weighted by Crippen LogP contribution is 2.26. The average Bonchev–Trinajstić information content (AvgIpc) is 3.54. The summed E-state index contributed by atoms with van der Waals surface area (Å²) in [6.07, 6.45) is 8.72. The van der Waals surface area contributed by atoms with E-state index in [1.807, 2.05) is 37.3 Å². The van der Waals surface area contributed by atoms with E-state index in [1.54, 1.807) is 39.5 Å². The third-order valence-electron chi connectivity index (χ3n) is 9.38. The molecule has 1 saturated carbocycles. The van der Waals surface area contributed by atoms with Gasteiger partial charge in [-0.2, -0.15) is 0 Å². The van der Waals surface area contributed by atoms with Gasteiger partial charge in [-0.25, -0.2) is 15.4 Å². The standard InChI is InChI=1S/C17H33N5O4.C16H23N3O5.C7H14/c1-11-7-12(22(19)13(8-18)17(5,6)25)10-21(11)14(23)9-20-15(24)26-16(2,3)4;17-15(22)14(21)13(19-11-20)8-4-5-9-18-16(23)24-10-12-6-2-1-3-7-12;1-7-5-3-2-4-6-7/h8,11-12,25H,7,9-10,18-19H2,1-6H3,(H,20,24);1-3,6-7,11,13-14,21H,4-5,8-10H2,(H2,17,22)(H,18,23)(H,19,20);7H,2-6H2,1H3/b13-8-;;. The van der Waals surface area contributed by atoms with Crippen molar-refractivity contribution in [2.45, 2.75) is 148 Å². The molecule has 1 saturated heterocycles. The molecule has 5 amide bonds. The zero-order chi connectivity index (χ0) is 43.2. The number of carbonyl (C=O) groups excluding carboxylic acids is 5. The van der Waals surface area contributed by atoms with Crippen molar-refractivity contribution in [3.05, 3.63) is 47.8 Å². The summed E-state index contributed by atoms with van der Waals surface area (Å²) in [5.41, 5.74) is 10.1. The lowest BCUT2D eigenvalue weighted by molar-refractivity contribution is -0.131. The fourth-order valence-corrected chi connectivity index (χ4v) is 6.30. The maximum Gasteiger partial charge on any atom is 0.408 e. The molecule has 11 N–H and O–H groups in total. The van der Waals surface area contributed by atoms with Crippen molar-refractivity contribution in [3.63, 3.8) is 0 Å². The van der Waals surface area contributed by atoms with E-state index in [-0.39, 0.29) is 31.1 Å². The van der Waals surface area contributed by atoms with Crippen LogP contribution in [0.25, 0.3) is 0 Å². The van der Waals surface area contributed by atoms with Crippen LogP contribution < -0.4 is 33.3 Å². The van der Waals surface area contributed by atoms with Crippen LogP contribution in [0.1, 0.15) is 112 Å². The van der Waals surface area contributed by atoms with Crippen molar-refractivity contribution in [3.8, 4) is 0 Å². The SMILES string of the molecule is CC1CC(N(N)/C(=C\N)C(C)(C)O)CN1C(=O)CNC(=O)OC(C)(C)C.CC1CCCCC1.NC(=O)C(O)C(CCCCNC(=O)OCc1ccccc1)NC=O. The molecular weight excluding hydrogens is 736 g/mol. The molecule has 4 atom stereocenters. The molecule has 1 aliphatic carbocycles. The Morgan fingerprint density at radius 3 is 2.14 bits per heavy atom. The van der Waals surface area contributed by atoms with Gasteiger partial charge >= 0.3 is 12.2 Å². The summed E-state index contributed by atoms with van der Waals surface area (Å²) in [6.45, 7) is 13.5. The fraction of sp³-hybridized carbons (Fsp3) is 0.675. The highest BCUT2D eigenvalue weighted by molar-refractivity contribution is 5.83. The zero-order valence-electron chi connectivity index (χ0n) is 35.0. The van der Waals surface area contributed by atoms with Gasteiger partial charge in [0.05, 0.1) is 17.8 Å². The van der Waals surface area contributed by atoms with Gasteiger partial charge in [-0.15, -0.1) is 0 Å². The van der Waals surface area contributed by atoms with E-state index in [0.717, 1.165) is 11.5 Å². The highest BCUT2D eigenvalue weighted by Gasteiger charge is 2.38. The Bertz CT molecular complexity index is 1400. The fourth-order valence-electron chi connectivity index (χ4n) is 6.30. The minimum absolute atomic E-state index is 0.0557. The number of carbonyl (C=O) groups is 5. The van der Waals surface area contributed by atoms with Gasteiger partial charge in [-0.05, 0) is 78.7 Å². The van der Waals surface area contributed by atoms with Crippen LogP contribution in [0.4, 0.5) is 9.59 Å². The molecule has 1 aliphatic heterocycles. The summed E-state index contributed by atoms with van der Waals surface area (Å²) >= 11 is 0. The normalized spacial score (nSPS) is 18.3. The van der Waals surface area contributed by atoms with E-state index in [2.05, 4.69) is 22.9 Å². The second-order valence-corrected chi connectivity index (χ2v) is 16.1. The van der Waals surface area contributed by atoms with E-state index >= 15 is 0 Å². The summed E-state index contributed by atoms with van der Waals surface area (Å²) in [7, 11) is 0. The number of aliphatic hydroxyl groups excluding tert-OH is 1. The van der Waals surface area contributed by atoms with E-state index in [0.29, 0.717) is 50.9 Å². The molecule has 0 bridgehead atoms. The van der Waals surface area contributed by atoms with Crippen LogP contribution in [0.15, 0.2) is 42.2 Å². The molecule has 57 heavy (non-hydrogen) atoms. The second-order valence-electron chi connectivity index (χ2n) is 16.1. The molecule has 17 nitrogen and oxygen atoms in total. The highest BCUT2D eigenvalue weighted by atomic mass is 16.6. The minimum Gasteiger partial charge on any atom is -0.445 e. The quantitative estimate of drug-likeness (QED) is 0.0519. The molecule has 324 valence electrons. The lowest BCUT2D eigenvalue weighted by Crippen LogP contribution is -2.49. The number of hydrazine groups is 1. The number of unbranched alkanes of at least 4 members (excludes halogenated alkanes) is 1. The van der Waals surface area contributed by atoms with Crippen LogP contribution in [0, 0.1) is 5.92 Å². The summed E-state index contributed by atoms with van der Waals surface area (Å²) in [5, 5.41) is 28.6. The summed E-state index contributed by atoms with van der Waals surface area (Å²) in [4.78, 5) is 58.7. The Morgan fingerprint density at radius 2 is 1.63 bits per heavy atom. The van der Waals surface area contributed by atoms with Gasteiger partial charge in [-0.1, -0.05) is 69.4 Å². The molecule has 2 fully saturated rings. The number of aliphatic hydroxyl groups is 2. The number of hydrogen-bond acceptors (Lipinski definition) is 12. The van der Waals surface area contributed by atoms with Gasteiger partial charge in [0.15, 0.2) is 6.10 Å². The number of nitrogens with zero attached hydrogens (tertiary/aromatic N) is 2. The first-order valence-electron chi connectivity index (χ1n) is 19.8. The number of amides is 5. The number of ether oxygens (including phenoxy) is 2. The van der Waals surface area contributed by atoms with Crippen molar-refractivity contribution in [2.75, 3.05) is 19.6 Å². The molecule has 0 aromatic heterocycles. The molecule has 1 aromatic rings. The number of alkyl carbamates (subject to hydrolysis) is 2. The van der Waals surface area contributed by atoms with Gasteiger partial charge in [0.2, 0.25) is 18.2 Å². The summed E-state index contributed by atoms with van der Waals surface area (Å²) in [5.74, 6) is 6.06. The van der Waals surface area contributed by atoms with Crippen molar-refractivity contribution < 1.29 is 43.7 Å². The maximum atomic E-state index is 12.4. The van der Waals surface area contributed by atoms with Crippen molar-refractivity contribution in [1.82, 2.24) is 25.9 Å². The molecule has 0 radical (unpaired) electrons. The molecule has 1 heterocycles. The van der Waals surface area contributed by atoms with E-state index in [1.165, 1.54) is 43.3 Å². The van der Waals surface area contributed by atoms with E-state index in [4.69, 9.17) is 26.8 Å². The second kappa shape index (κ2) is 25.6. The number of primary amides is 1. The zero-order valence-corrected chi connectivity index (χ0v) is 35.0. The largest absolute Gasteiger partial charge is 0.445 e. The third kappa shape index (κ3) is 20.9. The first-order chi connectivity index (χ1) is 26.7. The van der Waals surface area contributed by atoms with Gasteiger partial charge in [-0.3, -0.25) is 14.4 Å². The monoisotopic (exact) mass is 807 g/mol. The summed E-state index contributed by atoms with van der Waals surface area (Å²) < 4.78 is 10.2. The number of nitrogens with two attached hydrogens (primary N) is 3. The third-order valence-corrected chi connectivity index (χ3v) is 9.38. The first-order valence-corrected chi connectivity index (χ1v) is 19.8. The maximum absolute atomic E-state index is 12.4. The topological polar surface area (TPSA) is 265 Å². The van der Waals surface area contributed by atoms with Gasteiger partial charge in [0.25, 0.3) is 0 Å². The molecule has 0 spiro atoms. The number of hydrogen-bond donors (Lipinski definition) is 8. The minimum atomic E-state index is -1.43. The van der Waals surface area contributed by atoms with Crippen molar-refractivity contribution >= 4 is 30.4 Å². The van der Waals surface area contributed by atoms with Crippen molar-refractivity contribution in [2.24, 2.45) is 23.2 Å². The Kier molecular flexibility index (Phi) is 22.6. The predicted octanol–water partition coefficient (Wildman–Crippen LogP) is 2.88. The van der Waals surface area contributed by atoms with Crippen LogP contribution in [-0.4, -0.2) is 106 Å². The molecular formula is C40H70N8O9.